The fraction of sp³-hybridized carbons (Fsp3) is 0.444. The quantitative estimate of drug-likeness (QED) is 0.364. The molecular formula is C18H23Cl2N3O4. The second-order valence-electron chi connectivity index (χ2n) is 5.67. The molecule has 1 unspecified atom stereocenters. The van der Waals surface area contributed by atoms with E-state index < -0.39 is 11.8 Å². The first-order valence-electron chi connectivity index (χ1n) is 8.53. The summed E-state index contributed by atoms with van der Waals surface area (Å²) in [6, 6.07) is 4.69. The molecule has 27 heavy (non-hydrogen) atoms. The average molecular weight is 416 g/mol. The highest BCUT2D eigenvalue weighted by atomic mass is 35.5. The second-order valence-corrected chi connectivity index (χ2v) is 6.52. The first kappa shape index (κ1) is 22.9. The van der Waals surface area contributed by atoms with Gasteiger partial charge in [-0.1, -0.05) is 30.1 Å². The number of anilines is 1. The van der Waals surface area contributed by atoms with Gasteiger partial charge < -0.3 is 10.1 Å². The zero-order valence-electron chi connectivity index (χ0n) is 15.5. The van der Waals surface area contributed by atoms with E-state index in [1.54, 1.807) is 26.0 Å². The van der Waals surface area contributed by atoms with Crippen molar-refractivity contribution in [2.45, 2.75) is 40.0 Å². The van der Waals surface area contributed by atoms with Gasteiger partial charge in [-0.25, -0.2) is 5.43 Å². The van der Waals surface area contributed by atoms with Crippen molar-refractivity contribution in [2.75, 3.05) is 11.9 Å². The summed E-state index contributed by atoms with van der Waals surface area (Å²) in [7, 11) is 0. The van der Waals surface area contributed by atoms with E-state index >= 15 is 0 Å². The third-order valence-corrected chi connectivity index (χ3v) is 4.17. The summed E-state index contributed by atoms with van der Waals surface area (Å²) in [5.74, 6) is -1.70. The molecule has 0 aromatic heterocycles. The van der Waals surface area contributed by atoms with Crippen molar-refractivity contribution in [1.29, 1.82) is 0 Å². The zero-order valence-corrected chi connectivity index (χ0v) is 17.0. The van der Waals surface area contributed by atoms with E-state index in [1.165, 1.54) is 6.07 Å². The minimum atomic E-state index is -0.513. The highest BCUT2D eigenvalue weighted by Crippen LogP contribution is 2.25. The van der Waals surface area contributed by atoms with Gasteiger partial charge in [0.25, 0.3) is 0 Å². The van der Waals surface area contributed by atoms with Crippen LogP contribution < -0.4 is 10.7 Å². The Morgan fingerprint density at radius 3 is 2.41 bits per heavy atom. The number of rotatable bonds is 9. The maximum absolute atomic E-state index is 11.9. The van der Waals surface area contributed by atoms with Gasteiger partial charge in [-0.15, -0.1) is 0 Å². The standard InChI is InChI=1S/C18H23Cl2N3O4/c1-4-13(18(26)27-5-2)11(3)22-23-17(25)9-8-16(24)21-15-7-6-12(19)10-14(15)20/h6-7,10,13H,4-5,8-9H2,1-3H3,(H,21,24)(H,23,25)/b22-11+. The number of carbonyl (C=O) groups excluding carboxylic acids is 3. The molecule has 7 nitrogen and oxygen atoms in total. The number of carbonyl (C=O) groups is 3. The van der Waals surface area contributed by atoms with Crippen LogP contribution in [0.1, 0.15) is 40.0 Å². The molecule has 0 saturated heterocycles. The minimum absolute atomic E-state index is 0.0472. The van der Waals surface area contributed by atoms with Crippen LogP contribution in [-0.2, 0) is 19.1 Å². The van der Waals surface area contributed by atoms with Crippen LogP contribution in [0.25, 0.3) is 0 Å². The molecule has 1 rings (SSSR count). The monoisotopic (exact) mass is 415 g/mol. The van der Waals surface area contributed by atoms with Crippen LogP contribution in [0.2, 0.25) is 10.0 Å². The van der Waals surface area contributed by atoms with Crippen LogP contribution in [0.4, 0.5) is 5.69 Å². The van der Waals surface area contributed by atoms with Gasteiger partial charge in [-0.3, -0.25) is 14.4 Å². The van der Waals surface area contributed by atoms with Crippen molar-refractivity contribution in [2.24, 2.45) is 11.0 Å². The third-order valence-electron chi connectivity index (χ3n) is 3.62. The molecule has 0 aliphatic heterocycles. The molecule has 0 spiro atoms. The van der Waals surface area contributed by atoms with E-state index in [-0.39, 0.29) is 31.3 Å². The number of esters is 1. The van der Waals surface area contributed by atoms with Crippen LogP contribution in [0, 0.1) is 5.92 Å². The Bertz CT molecular complexity index is 723. The van der Waals surface area contributed by atoms with E-state index in [2.05, 4.69) is 15.8 Å². The fourth-order valence-electron chi connectivity index (χ4n) is 2.19. The lowest BCUT2D eigenvalue weighted by Gasteiger charge is -2.13. The van der Waals surface area contributed by atoms with Crippen molar-refractivity contribution < 1.29 is 19.1 Å². The van der Waals surface area contributed by atoms with E-state index in [0.717, 1.165) is 0 Å². The normalized spacial score (nSPS) is 12.3. The summed E-state index contributed by atoms with van der Waals surface area (Å²) in [4.78, 5) is 35.6. The van der Waals surface area contributed by atoms with Crippen molar-refractivity contribution in [3.05, 3.63) is 28.2 Å². The van der Waals surface area contributed by atoms with E-state index in [0.29, 0.717) is 27.9 Å². The Morgan fingerprint density at radius 2 is 1.81 bits per heavy atom. The van der Waals surface area contributed by atoms with Gasteiger partial charge >= 0.3 is 5.97 Å². The SMILES string of the molecule is CCOC(=O)C(CC)/C(C)=N/NC(=O)CCC(=O)Nc1ccc(Cl)cc1Cl. The Balaban J connectivity index is 2.49. The largest absolute Gasteiger partial charge is 0.465 e. The molecule has 0 saturated carbocycles. The molecule has 148 valence electrons. The van der Waals surface area contributed by atoms with E-state index in [4.69, 9.17) is 27.9 Å². The summed E-state index contributed by atoms with van der Waals surface area (Å²) in [6.45, 7) is 5.47. The first-order valence-corrected chi connectivity index (χ1v) is 9.28. The molecule has 2 N–H and O–H groups in total. The number of nitrogens with zero attached hydrogens (tertiary/aromatic N) is 1. The van der Waals surface area contributed by atoms with Gasteiger partial charge in [0.05, 0.1) is 23.2 Å². The van der Waals surface area contributed by atoms with Gasteiger partial charge in [0.15, 0.2) is 0 Å². The molecule has 0 radical (unpaired) electrons. The van der Waals surface area contributed by atoms with Crippen molar-refractivity contribution in [3.8, 4) is 0 Å². The number of halogens is 2. The molecule has 0 fully saturated rings. The van der Waals surface area contributed by atoms with Crippen LogP contribution >= 0.6 is 23.2 Å². The molecule has 0 heterocycles. The van der Waals surface area contributed by atoms with Gasteiger partial charge in [0.1, 0.15) is 0 Å². The smallest absolute Gasteiger partial charge is 0.314 e. The summed E-state index contributed by atoms with van der Waals surface area (Å²) >= 11 is 11.8. The molecule has 1 aromatic carbocycles. The molecule has 0 bridgehead atoms. The zero-order chi connectivity index (χ0) is 20.4. The second kappa shape index (κ2) is 11.6. The van der Waals surface area contributed by atoms with Gasteiger partial charge in [-0.2, -0.15) is 5.10 Å². The van der Waals surface area contributed by atoms with Crippen molar-refractivity contribution in [1.82, 2.24) is 5.43 Å². The predicted molar refractivity (Wildman–Crippen MR) is 106 cm³/mol. The molecule has 2 amide bonds. The number of benzene rings is 1. The number of nitrogens with one attached hydrogen (secondary N) is 2. The predicted octanol–water partition coefficient (Wildman–Crippen LogP) is 3.79. The summed E-state index contributed by atoms with van der Waals surface area (Å²) < 4.78 is 4.97. The molecule has 1 atom stereocenters. The topological polar surface area (TPSA) is 96.9 Å². The minimum Gasteiger partial charge on any atom is -0.465 e. The number of hydrogen-bond donors (Lipinski definition) is 2. The lowest BCUT2D eigenvalue weighted by Crippen LogP contribution is -2.27. The maximum atomic E-state index is 11.9. The summed E-state index contributed by atoms with van der Waals surface area (Å²) in [6.07, 6.45) is 0.396. The fourth-order valence-corrected chi connectivity index (χ4v) is 2.65. The number of hydrogen-bond acceptors (Lipinski definition) is 5. The van der Waals surface area contributed by atoms with Crippen LogP contribution in [-0.4, -0.2) is 30.1 Å². The van der Waals surface area contributed by atoms with E-state index in [1.807, 2.05) is 6.92 Å². The maximum Gasteiger partial charge on any atom is 0.314 e. The summed E-state index contributed by atoms with van der Waals surface area (Å²) in [5.41, 5.74) is 3.21. The lowest BCUT2D eigenvalue weighted by molar-refractivity contribution is -0.145. The Kier molecular flexibility index (Phi) is 9.82. The first-order chi connectivity index (χ1) is 12.8. The van der Waals surface area contributed by atoms with Crippen LogP contribution in [0.5, 0.6) is 0 Å². The van der Waals surface area contributed by atoms with Gasteiger partial charge in [-0.05, 0) is 38.5 Å². The Hall–Kier alpha value is -2.12. The van der Waals surface area contributed by atoms with Gasteiger partial charge in [0.2, 0.25) is 11.8 Å². The van der Waals surface area contributed by atoms with Crippen molar-refractivity contribution >= 4 is 52.4 Å². The lowest BCUT2D eigenvalue weighted by atomic mass is 10.0. The third kappa shape index (κ3) is 7.97. The van der Waals surface area contributed by atoms with Crippen molar-refractivity contribution in [3.63, 3.8) is 0 Å². The van der Waals surface area contributed by atoms with Gasteiger partial charge in [0, 0.05) is 23.6 Å². The highest BCUT2D eigenvalue weighted by Gasteiger charge is 2.21. The average Bonchev–Trinajstić information content (AvgIpc) is 2.61. The number of amides is 2. The number of hydrazone groups is 1. The molecule has 9 heteroatoms. The molecular weight excluding hydrogens is 393 g/mol. The molecule has 1 aromatic rings. The molecule has 0 aliphatic rings. The Labute approximate surface area is 168 Å². The van der Waals surface area contributed by atoms with Crippen LogP contribution in [0.3, 0.4) is 0 Å². The van der Waals surface area contributed by atoms with E-state index in [9.17, 15) is 14.4 Å². The molecule has 0 aliphatic carbocycles. The highest BCUT2D eigenvalue weighted by molar-refractivity contribution is 6.36. The number of ether oxygens (including phenoxy) is 1. The summed E-state index contributed by atoms with van der Waals surface area (Å²) in [5, 5.41) is 7.31. The van der Waals surface area contributed by atoms with Crippen LogP contribution in [0.15, 0.2) is 23.3 Å². The Morgan fingerprint density at radius 1 is 1.15 bits per heavy atom.